The first kappa shape index (κ1) is 49.3. The van der Waals surface area contributed by atoms with Gasteiger partial charge in [-0.15, -0.1) is 0 Å². The van der Waals surface area contributed by atoms with Crippen LogP contribution in [0.5, 0.6) is 0 Å². The van der Waals surface area contributed by atoms with Crippen molar-refractivity contribution in [3.63, 3.8) is 0 Å². The average Bonchev–Trinajstić information content (AvgIpc) is 4.21. The maximum Gasteiger partial charge on any atom is 0.328 e. The van der Waals surface area contributed by atoms with Gasteiger partial charge in [0.05, 0.1) is 17.3 Å². The molecule has 7 heterocycles. The van der Waals surface area contributed by atoms with E-state index in [2.05, 4.69) is 95.3 Å². The highest BCUT2D eigenvalue weighted by atomic mass is 16.2. The Morgan fingerprint density at radius 3 is 1.82 bits per heavy atom. The summed E-state index contributed by atoms with van der Waals surface area (Å²) in [5, 5.41) is 37.6. The largest absolute Gasteiger partial charge is 0.375 e. The first-order valence-electron chi connectivity index (χ1n) is 26.0. The number of fused-ring (bicyclic) bond motifs is 1. The zero-order valence-corrected chi connectivity index (χ0v) is 42.6. The molecule has 18 nitrogen and oxygen atoms in total. The van der Waals surface area contributed by atoms with Crippen LogP contribution in [0.4, 0.5) is 17.1 Å². The summed E-state index contributed by atoms with van der Waals surface area (Å²) in [4.78, 5) is 48.6. The van der Waals surface area contributed by atoms with E-state index in [4.69, 9.17) is 20.1 Å². The predicted molar refractivity (Wildman–Crippen MR) is 294 cm³/mol. The molecule has 0 unspecified atom stereocenters. The van der Waals surface area contributed by atoms with Crippen LogP contribution in [0.2, 0.25) is 0 Å². The van der Waals surface area contributed by atoms with E-state index in [9.17, 15) is 9.59 Å². The topological polar surface area (TPSA) is 222 Å². The molecule has 0 aliphatic carbocycles. The lowest BCUT2D eigenvalue weighted by Gasteiger charge is -2.37. The Morgan fingerprint density at radius 1 is 0.618 bits per heavy atom. The molecule has 76 heavy (non-hydrogen) atoms. The van der Waals surface area contributed by atoms with Gasteiger partial charge in [-0.2, -0.15) is 14.8 Å². The average molecular weight is 1010 g/mol. The molecule has 18 heteroatoms. The number of nitrogens with one attached hydrogen (secondary N) is 8. The van der Waals surface area contributed by atoms with Gasteiger partial charge < -0.3 is 36.8 Å². The number of carbonyl (C=O) groups is 2. The number of H-pyrrole nitrogens is 2. The van der Waals surface area contributed by atoms with Crippen LogP contribution in [0.3, 0.4) is 0 Å². The zero-order chi connectivity index (χ0) is 51.9. The summed E-state index contributed by atoms with van der Waals surface area (Å²) in [6.07, 6.45) is 10.3. The summed E-state index contributed by atoms with van der Waals surface area (Å²) < 4.78 is 2.04. The SMILES string of the molecule is CCN(C)c1ccccc1CNC(=O)c1cccc(NC2(c3nc(-c4ccnc(-[n+]5cccc6c(CNC(=O)c7cccc(NC8(c9nc(-c%10ccncc%10)n[nH]9)CCNCC8)c7)cccc65)c4)n[nH]3)CCNCC2)c1. The zero-order valence-electron chi connectivity index (χ0n) is 42.6. The standard InChI is InChI=1S/C58H60N16O2/c1-3-73(2)48-17-5-4-10-44(48)38-64-54(76)42-12-7-15-46(35-42)68-58(24-31-61-32-25-58)56-66-52(70-72-56)40-21-28-62-50(36-40)74-33-9-16-47-43(13-8-18-49(47)74)37-63-53(75)41-11-6-14-45(34-41)67-57(22-29-60-30-23-57)55-65-51(69-71-55)39-19-26-59-27-20-39/h4-21,26-28,33-36,60-61,67-68H,3,22-25,29-32,37-38H2,1-2H3,(H3-,59,62,63,64,65,66,69,70,71,72,75,76)/p+1. The highest BCUT2D eigenvalue weighted by Crippen LogP contribution is 2.36. The van der Waals surface area contributed by atoms with Gasteiger partial charge in [0, 0.05) is 89.8 Å². The van der Waals surface area contributed by atoms with Gasteiger partial charge >= 0.3 is 5.82 Å². The third-order valence-electron chi connectivity index (χ3n) is 14.7. The van der Waals surface area contributed by atoms with E-state index in [1.165, 1.54) is 0 Å². The van der Waals surface area contributed by atoms with Crippen molar-refractivity contribution in [2.75, 3.05) is 55.3 Å². The molecule has 11 rings (SSSR count). The highest BCUT2D eigenvalue weighted by Gasteiger charge is 2.39. The van der Waals surface area contributed by atoms with E-state index < -0.39 is 11.1 Å². The second-order valence-electron chi connectivity index (χ2n) is 19.5. The Kier molecular flexibility index (Phi) is 14.2. The first-order chi connectivity index (χ1) is 37.3. The fourth-order valence-corrected chi connectivity index (χ4v) is 10.4. The summed E-state index contributed by atoms with van der Waals surface area (Å²) in [6, 6.07) is 41.2. The Morgan fingerprint density at radius 2 is 1.18 bits per heavy atom. The van der Waals surface area contributed by atoms with Crippen LogP contribution >= 0.6 is 0 Å². The number of nitrogens with zero attached hydrogens (tertiary/aromatic N) is 8. The second-order valence-corrected chi connectivity index (χ2v) is 19.5. The molecule has 0 radical (unpaired) electrons. The van der Waals surface area contributed by atoms with Gasteiger partial charge in [0.2, 0.25) is 0 Å². The molecule has 2 fully saturated rings. The summed E-state index contributed by atoms with van der Waals surface area (Å²) >= 11 is 0. The molecule has 0 spiro atoms. The van der Waals surface area contributed by atoms with Gasteiger partial charge in [0.1, 0.15) is 11.7 Å². The van der Waals surface area contributed by atoms with Gasteiger partial charge in [0.15, 0.2) is 23.3 Å². The number of pyridine rings is 3. The Balaban J connectivity index is 0.778. The van der Waals surface area contributed by atoms with Crippen LogP contribution < -0.4 is 41.4 Å². The smallest absolute Gasteiger partial charge is 0.328 e. The fourth-order valence-electron chi connectivity index (χ4n) is 10.4. The number of hydrogen-bond donors (Lipinski definition) is 8. The maximum absolute atomic E-state index is 13.9. The first-order valence-corrected chi connectivity index (χ1v) is 26.0. The van der Waals surface area contributed by atoms with Crippen molar-refractivity contribution in [2.24, 2.45) is 0 Å². The molecule has 9 aromatic rings. The number of hydrogen-bond acceptors (Lipinski definition) is 13. The van der Waals surface area contributed by atoms with Crippen molar-refractivity contribution < 1.29 is 14.2 Å². The summed E-state index contributed by atoms with van der Waals surface area (Å²) in [6.45, 7) is 6.88. The lowest BCUT2D eigenvalue weighted by molar-refractivity contribution is -0.571. The predicted octanol–water partition coefficient (Wildman–Crippen LogP) is 7.17. The molecule has 4 aromatic carbocycles. The van der Waals surface area contributed by atoms with Crippen molar-refractivity contribution in [3.05, 3.63) is 186 Å². The molecule has 2 saturated heterocycles. The molecule has 2 aliphatic rings. The number of para-hydroxylation sites is 1. The lowest BCUT2D eigenvalue weighted by Crippen LogP contribution is -2.46. The second kappa shape index (κ2) is 21.9. The number of carbonyl (C=O) groups excluding carboxylic acids is 2. The minimum Gasteiger partial charge on any atom is -0.375 e. The molecule has 2 aliphatic heterocycles. The quantitative estimate of drug-likeness (QED) is 0.0425. The van der Waals surface area contributed by atoms with Crippen LogP contribution in [0.25, 0.3) is 39.5 Å². The van der Waals surface area contributed by atoms with Gasteiger partial charge in [-0.1, -0.05) is 42.5 Å². The minimum absolute atomic E-state index is 0.145. The van der Waals surface area contributed by atoms with Crippen molar-refractivity contribution in [2.45, 2.75) is 56.8 Å². The third-order valence-corrected chi connectivity index (χ3v) is 14.7. The monoisotopic (exact) mass is 1010 g/mol. The molecule has 5 aromatic heterocycles. The van der Waals surface area contributed by atoms with Crippen LogP contribution in [-0.2, 0) is 24.2 Å². The van der Waals surface area contributed by atoms with Crippen LogP contribution in [0.1, 0.15) is 76.1 Å². The molecule has 0 bridgehead atoms. The number of piperidine rings is 2. The highest BCUT2D eigenvalue weighted by molar-refractivity contribution is 5.96. The fraction of sp³-hybridized carbons (Fsp3) is 0.259. The number of aromatic nitrogens is 9. The Labute approximate surface area is 440 Å². The molecule has 0 atom stereocenters. The van der Waals surface area contributed by atoms with Crippen LogP contribution in [0, 0.1) is 0 Å². The van der Waals surface area contributed by atoms with Gasteiger partial charge in [-0.3, -0.25) is 24.8 Å². The van der Waals surface area contributed by atoms with E-state index in [0.29, 0.717) is 41.7 Å². The van der Waals surface area contributed by atoms with Crippen LogP contribution in [0.15, 0.2) is 152 Å². The minimum atomic E-state index is -0.568. The lowest BCUT2D eigenvalue weighted by atomic mass is 9.87. The van der Waals surface area contributed by atoms with Crippen molar-refractivity contribution in [1.82, 2.24) is 61.6 Å². The number of amides is 2. The third kappa shape index (κ3) is 10.4. The molecular formula is C58H61N16O2+. The van der Waals surface area contributed by atoms with E-state index in [1.807, 2.05) is 114 Å². The van der Waals surface area contributed by atoms with E-state index in [1.54, 1.807) is 18.6 Å². The number of benzene rings is 4. The van der Waals surface area contributed by atoms with Crippen molar-refractivity contribution in [3.8, 4) is 28.6 Å². The number of rotatable bonds is 17. The van der Waals surface area contributed by atoms with Gasteiger partial charge in [0.25, 0.3) is 11.8 Å². The molecule has 0 saturated carbocycles. The van der Waals surface area contributed by atoms with Crippen molar-refractivity contribution in [1.29, 1.82) is 0 Å². The van der Waals surface area contributed by atoms with Crippen LogP contribution in [-0.4, -0.2) is 91.9 Å². The summed E-state index contributed by atoms with van der Waals surface area (Å²) in [7, 11) is 2.05. The number of aromatic amines is 2. The molecule has 8 N–H and O–H groups in total. The van der Waals surface area contributed by atoms with E-state index in [-0.39, 0.29) is 11.8 Å². The van der Waals surface area contributed by atoms with Crippen molar-refractivity contribution >= 4 is 39.8 Å². The molecule has 2 amide bonds. The summed E-state index contributed by atoms with van der Waals surface area (Å²) in [5.74, 6) is 2.99. The van der Waals surface area contributed by atoms with Gasteiger partial charge in [-0.05, 0) is 154 Å². The van der Waals surface area contributed by atoms with E-state index in [0.717, 1.165) is 120 Å². The van der Waals surface area contributed by atoms with E-state index >= 15 is 0 Å². The van der Waals surface area contributed by atoms with Gasteiger partial charge in [-0.25, -0.2) is 9.97 Å². The Bertz CT molecular complexity index is 3490. The molecular weight excluding hydrogens is 953 g/mol. The normalized spacial score (nSPS) is 14.9. The summed E-state index contributed by atoms with van der Waals surface area (Å²) in [5.41, 5.74) is 7.40. The maximum atomic E-state index is 13.9. The Hall–Kier alpha value is -8.87. The molecule has 384 valence electrons. The number of anilines is 3.